The maximum atomic E-state index is 5.76. The van der Waals surface area contributed by atoms with Gasteiger partial charge < -0.3 is 14.6 Å². The van der Waals surface area contributed by atoms with E-state index in [0.29, 0.717) is 6.61 Å². The number of ether oxygens (including phenoxy) is 1. The molecule has 0 amide bonds. The summed E-state index contributed by atoms with van der Waals surface area (Å²) in [5.74, 6) is 2.01. The number of aromatic nitrogens is 2. The van der Waals surface area contributed by atoms with Crippen LogP contribution in [0, 0.1) is 6.92 Å². The minimum absolute atomic E-state index is 0.682. The molecule has 19 heavy (non-hydrogen) atoms. The quantitative estimate of drug-likeness (QED) is 0.909. The van der Waals surface area contributed by atoms with Gasteiger partial charge in [0.1, 0.15) is 18.2 Å². The molecule has 1 aliphatic heterocycles. The van der Waals surface area contributed by atoms with E-state index < -0.39 is 0 Å². The molecule has 0 fully saturated rings. The molecule has 1 N–H and O–H groups in total. The fraction of sp³-hybridized carbons (Fsp3) is 0.400. The molecule has 2 heterocycles. The van der Waals surface area contributed by atoms with Crippen molar-refractivity contribution in [1.29, 1.82) is 0 Å². The number of para-hydroxylation sites is 1. The lowest BCUT2D eigenvalue weighted by Crippen LogP contribution is -2.25. The molecular formula is C15H19N3O. The van der Waals surface area contributed by atoms with Crippen molar-refractivity contribution in [1.82, 2.24) is 14.9 Å². The van der Waals surface area contributed by atoms with Gasteiger partial charge in [-0.15, -0.1) is 0 Å². The van der Waals surface area contributed by atoms with Crippen molar-refractivity contribution in [2.75, 3.05) is 13.2 Å². The second kappa shape index (κ2) is 5.45. The van der Waals surface area contributed by atoms with Crippen molar-refractivity contribution in [3.05, 3.63) is 47.5 Å². The van der Waals surface area contributed by atoms with Crippen molar-refractivity contribution in [2.24, 2.45) is 0 Å². The second-order valence-electron chi connectivity index (χ2n) is 4.79. The number of benzene rings is 1. The molecule has 1 aromatic heterocycles. The molecule has 3 rings (SSSR count). The Kier molecular flexibility index (Phi) is 3.51. The average molecular weight is 257 g/mol. The van der Waals surface area contributed by atoms with Gasteiger partial charge in [-0.1, -0.05) is 18.2 Å². The number of imidazole rings is 1. The van der Waals surface area contributed by atoms with E-state index in [4.69, 9.17) is 4.74 Å². The van der Waals surface area contributed by atoms with Gasteiger partial charge in [0.2, 0.25) is 0 Å². The molecule has 4 nitrogen and oxygen atoms in total. The highest BCUT2D eigenvalue weighted by Crippen LogP contribution is 2.16. The topological polar surface area (TPSA) is 39.1 Å². The first kappa shape index (κ1) is 12.2. The Balaban J connectivity index is 1.65. The highest BCUT2D eigenvalue weighted by atomic mass is 16.5. The first-order valence-electron chi connectivity index (χ1n) is 6.78. The molecule has 0 spiro atoms. The maximum absolute atomic E-state index is 5.76. The lowest BCUT2D eigenvalue weighted by Gasteiger charge is -2.16. The van der Waals surface area contributed by atoms with Crippen LogP contribution in [0.2, 0.25) is 0 Å². The van der Waals surface area contributed by atoms with Gasteiger partial charge in [0.15, 0.2) is 0 Å². The molecule has 0 bridgehead atoms. The molecule has 4 heteroatoms. The Morgan fingerprint density at radius 2 is 2.16 bits per heavy atom. The van der Waals surface area contributed by atoms with Crippen molar-refractivity contribution in [2.45, 2.75) is 26.4 Å². The fourth-order valence-corrected chi connectivity index (χ4v) is 2.57. The van der Waals surface area contributed by atoms with Crippen LogP contribution in [0.1, 0.15) is 17.2 Å². The SMILES string of the molecule is Cc1nc2c(n1CCOc1ccccc1)CCNC2. The summed E-state index contributed by atoms with van der Waals surface area (Å²) in [6, 6.07) is 9.95. The fourth-order valence-electron chi connectivity index (χ4n) is 2.57. The van der Waals surface area contributed by atoms with E-state index in [1.54, 1.807) is 0 Å². The smallest absolute Gasteiger partial charge is 0.119 e. The van der Waals surface area contributed by atoms with Crippen molar-refractivity contribution in [3.63, 3.8) is 0 Å². The molecule has 100 valence electrons. The molecule has 0 atom stereocenters. The normalized spacial score (nSPS) is 14.2. The molecule has 0 saturated carbocycles. The summed E-state index contributed by atoms with van der Waals surface area (Å²) >= 11 is 0. The van der Waals surface area contributed by atoms with Crippen LogP contribution in [0.25, 0.3) is 0 Å². The summed E-state index contributed by atoms with van der Waals surface area (Å²) in [6.07, 6.45) is 1.06. The monoisotopic (exact) mass is 257 g/mol. The summed E-state index contributed by atoms with van der Waals surface area (Å²) < 4.78 is 8.05. The maximum Gasteiger partial charge on any atom is 0.119 e. The first-order chi connectivity index (χ1) is 9.34. The van der Waals surface area contributed by atoms with E-state index in [1.807, 2.05) is 30.3 Å². The van der Waals surface area contributed by atoms with Gasteiger partial charge in [-0.2, -0.15) is 0 Å². The summed E-state index contributed by atoms with van der Waals surface area (Å²) in [6.45, 7) is 5.55. The van der Waals surface area contributed by atoms with E-state index in [0.717, 1.165) is 37.6 Å². The number of aryl methyl sites for hydroxylation is 1. The third-order valence-corrected chi connectivity index (χ3v) is 3.50. The second-order valence-corrected chi connectivity index (χ2v) is 4.79. The zero-order valence-electron chi connectivity index (χ0n) is 11.2. The zero-order valence-corrected chi connectivity index (χ0v) is 11.2. The number of hydrogen-bond donors (Lipinski definition) is 1. The first-order valence-corrected chi connectivity index (χ1v) is 6.78. The van der Waals surface area contributed by atoms with Crippen LogP contribution in [-0.2, 0) is 19.5 Å². The molecule has 0 radical (unpaired) electrons. The molecule has 0 saturated heterocycles. The summed E-state index contributed by atoms with van der Waals surface area (Å²) in [5.41, 5.74) is 2.57. The van der Waals surface area contributed by atoms with Crippen LogP contribution < -0.4 is 10.1 Å². The van der Waals surface area contributed by atoms with Crippen LogP contribution in [-0.4, -0.2) is 22.7 Å². The predicted octanol–water partition coefficient (Wildman–Crippen LogP) is 1.92. The standard InChI is InChI=1S/C15H19N3O/c1-12-17-14-11-16-8-7-15(14)18(12)9-10-19-13-5-3-2-4-6-13/h2-6,16H,7-11H2,1H3. The molecular weight excluding hydrogens is 238 g/mol. The minimum Gasteiger partial charge on any atom is -0.492 e. The van der Waals surface area contributed by atoms with E-state index in [-0.39, 0.29) is 0 Å². The lowest BCUT2D eigenvalue weighted by molar-refractivity contribution is 0.294. The number of nitrogens with one attached hydrogen (secondary N) is 1. The Hall–Kier alpha value is -1.81. The van der Waals surface area contributed by atoms with Crippen molar-refractivity contribution < 1.29 is 4.74 Å². The molecule has 2 aromatic rings. The molecule has 0 aliphatic carbocycles. The lowest BCUT2D eigenvalue weighted by atomic mass is 10.2. The van der Waals surface area contributed by atoms with E-state index in [9.17, 15) is 0 Å². The van der Waals surface area contributed by atoms with Gasteiger partial charge in [0.25, 0.3) is 0 Å². The van der Waals surface area contributed by atoms with Gasteiger partial charge >= 0.3 is 0 Å². The minimum atomic E-state index is 0.682. The Bertz CT molecular complexity index is 548. The van der Waals surface area contributed by atoms with Crippen LogP contribution in [0.15, 0.2) is 30.3 Å². The third-order valence-electron chi connectivity index (χ3n) is 3.50. The van der Waals surface area contributed by atoms with E-state index >= 15 is 0 Å². The Morgan fingerprint density at radius 1 is 1.32 bits per heavy atom. The predicted molar refractivity (Wildman–Crippen MR) is 74.3 cm³/mol. The number of nitrogens with zero attached hydrogens (tertiary/aromatic N) is 2. The largest absolute Gasteiger partial charge is 0.492 e. The van der Waals surface area contributed by atoms with Gasteiger partial charge in [0, 0.05) is 25.2 Å². The number of rotatable bonds is 4. The van der Waals surface area contributed by atoms with Crippen LogP contribution in [0.3, 0.4) is 0 Å². The van der Waals surface area contributed by atoms with E-state index in [1.165, 1.54) is 11.4 Å². The number of fused-ring (bicyclic) bond motifs is 1. The molecule has 0 unspecified atom stereocenters. The summed E-state index contributed by atoms with van der Waals surface area (Å²) in [5, 5.41) is 3.36. The third kappa shape index (κ3) is 2.63. The van der Waals surface area contributed by atoms with Gasteiger partial charge in [-0.05, 0) is 19.1 Å². The molecule has 1 aliphatic rings. The van der Waals surface area contributed by atoms with E-state index in [2.05, 4.69) is 21.8 Å². The summed E-state index contributed by atoms with van der Waals surface area (Å²) in [4.78, 5) is 4.62. The van der Waals surface area contributed by atoms with Crippen molar-refractivity contribution in [3.8, 4) is 5.75 Å². The van der Waals surface area contributed by atoms with Crippen molar-refractivity contribution >= 4 is 0 Å². The zero-order chi connectivity index (χ0) is 13.1. The van der Waals surface area contributed by atoms with Crippen LogP contribution in [0.5, 0.6) is 5.75 Å². The van der Waals surface area contributed by atoms with Crippen LogP contribution >= 0.6 is 0 Å². The van der Waals surface area contributed by atoms with Gasteiger partial charge in [-0.25, -0.2) is 4.98 Å². The Labute approximate surface area is 113 Å². The molecule has 1 aromatic carbocycles. The number of hydrogen-bond acceptors (Lipinski definition) is 3. The van der Waals surface area contributed by atoms with Gasteiger partial charge in [0.05, 0.1) is 12.2 Å². The summed E-state index contributed by atoms with van der Waals surface area (Å²) in [7, 11) is 0. The van der Waals surface area contributed by atoms with Gasteiger partial charge in [-0.3, -0.25) is 0 Å². The highest BCUT2D eigenvalue weighted by Gasteiger charge is 2.17. The Morgan fingerprint density at radius 3 is 3.00 bits per heavy atom. The van der Waals surface area contributed by atoms with Crippen LogP contribution in [0.4, 0.5) is 0 Å². The highest BCUT2D eigenvalue weighted by molar-refractivity contribution is 5.21. The average Bonchev–Trinajstić information content (AvgIpc) is 2.76.